The zero-order valence-corrected chi connectivity index (χ0v) is 15.8. The van der Waals surface area contributed by atoms with Crippen molar-refractivity contribution >= 4 is 11.8 Å². The molecular weight excluding hydrogens is 332 g/mol. The van der Waals surface area contributed by atoms with Gasteiger partial charge >= 0.3 is 0 Å². The Labute approximate surface area is 161 Å². The van der Waals surface area contributed by atoms with Gasteiger partial charge in [-0.15, -0.1) is 0 Å². The molecule has 1 aliphatic carbocycles. The smallest absolute Gasteiger partial charge is 0.0679 e. The Morgan fingerprint density at radius 3 is 2.48 bits per heavy atom. The molecule has 0 radical (unpaired) electrons. The van der Waals surface area contributed by atoms with Crippen LogP contribution in [0.15, 0.2) is 60.2 Å². The topological polar surface area (TPSA) is 26.7 Å². The van der Waals surface area contributed by atoms with Gasteiger partial charge in [0.15, 0.2) is 0 Å². The molecule has 2 heterocycles. The Morgan fingerprint density at radius 2 is 1.74 bits per heavy atom. The van der Waals surface area contributed by atoms with Gasteiger partial charge in [-0.1, -0.05) is 54.6 Å². The third kappa shape index (κ3) is 3.54. The highest BCUT2D eigenvalue weighted by Gasteiger charge is 2.34. The molecule has 3 heteroatoms. The normalized spacial score (nSPS) is 23.8. The number of β-amino-alcohol motifs (C(OH)–C–C–N with tert-alkyl or cyclic N) is 1. The molecule has 3 nitrogen and oxygen atoms in total. The highest BCUT2D eigenvalue weighted by Crippen LogP contribution is 2.44. The number of likely N-dealkylation sites (tertiary alicyclic amines) is 1. The van der Waals surface area contributed by atoms with Crippen LogP contribution in [0.25, 0.3) is 6.08 Å². The fourth-order valence-electron chi connectivity index (χ4n) is 4.66. The number of hydrogen-bond donors (Lipinski definition) is 1. The molecule has 2 atom stereocenters. The van der Waals surface area contributed by atoms with E-state index in [1.807, 2.05) is 0 Å². The zero-order valence-electron chi connectivity index (χ0n) is 15.8. The van der Waals surface area contributed by atoms with Crippen molar-refractivity contribution in [2.45, 2.75) is 31.4 Å². The lowest BCUT2D eigenvalue weighted by Crippen LogP contribution is -2.40. The molecule has 1 saturated carbocycles. The lowest BCUT2D eigenvalue weighted by molar-refractivity contribution is 0.174. The second-order valence-corrected chi connectivity index (χ2v) is 8.31. The fraction of sp³-hybridized carbons (Fsp3) is 0.417. The molecule has 1 saturated heterocycles. The van der Waals surface area contributed by atoms with Crippen LogP contribution < -0.4 is 4.90 Å². The van der Waals surface area contributed by atoms with E-state index in [0.717, 1.165) is 38.5 Å². The Bertz CT molecular complexity index is 827. The number of aliphatic hydroxyl groups excluding tert-OH is 1. The number of aliphatic hydroxyl groups is 1. The van der Waals surface area contributed by atoms with Crippen LogP contribution in [-0.4, -0.2) is 42.3 Å². The molecule has 2 aliphatic heterocycles. The standard InChI is InChI=1S/C24H28N2O/c27-22-12-13-25(16-22)17-24(19-6-2-1-3-7-19)26-15-21(18-10-11-18)14-20-8-4-5-9-23(20)26/h1-9,14,18,22,24,27H,10-13,15-17H2/t22-,24-/m1/s1. The van der Waals surface area contributed by atoms with Gasteiger partial charge in [-0.05, 0) is 47.9 Å². The minimum absolute atomic E-state index is 0.169. The summed E-state index contributed by atoms with van der Waals surface area (Å²) in [5, 5.41) is 10.0. The fourth-order valence-corrected chi connectivity index (χ4v) is 4.66. The van der Waals surface area contributed by atoms with Crippen LogP contribution in [0.4, 0.5) is 5.69 Å². The number of benzene rings is 2. The van der Waals surface area contributed by atoms with Crippen molar-refractivity contribution in [1.82, 2.24) is 4.90 Å². The molecular formula is C24H28N2O. The van der Waals surface area contributed by atoms with E-state index in [2.05, 4.69) is 70.5 Å². The first kappa shape index (κ1) is 17.0. The molecule has 27 heavy (non-hydrogen) atoms. The molecule has 3 aliphatic rings. The van der Waals surface area contributed by atoms with Gasteiger partial charge in [-0.2, -0.15) is 0 Å². The van der Waals surface area contributed by atoms with Crippen molar-refractivity contribution in [3.63, 3.8) is 0 Å². The van der Waals surface area contributed by atoms with Crippen LogP contribution in [0.5, 0.6) is 0 Å². The molecule has 0 aromatic heterocycles. The summed E-state index contributed by atoms with van der Waals surface area (Å²) in [5.41, 5.74) is 5.66. The zero-order chi connectivity index (χ0) is 18.2. The van der Waals surface area contributed by atoms with Crippen molar-refractivity contribution < 1.29 is 5.11 Å². The van der Waals surface area contributed by atoms with E-state index < -0.39 is 0 Å². The quantitative estimate of drug-likeness (QED) is 0.869. The monoisotopic (exact) mass is 360 g/mol. The average molecular weight is 361 g/mol. The largest absolute Gasteiger partial charge is 0.392 e. The first-order chi connectivity index (χ1) is 13.3. The molecule has 1 N–H and O–H groups in total. The second kappa shape index (κ2) is 7.14. The summed E-state index contributed by atoms with van der Waals surface area (Å²) >= 11 is 0. The Hall–Kier alpha value is -2.10. The molecule has 0 unspecified atom stereocenters. The van der Waals surface area contributed by atoms with Crippen LogP contribution in [0, 0.1) is 5.92 Å². The predicted molar refractivity (Wildman–Crippen MR) is 111 cm³/mol. The van der Waals surface area contributed by atoms with Gasteiger partial charge in [0.05, 0.1) is 12.1 Å². The van der Waals surface area contributed by atoms with Crippen molar-refractivity contribution in [2.75, 3.05) is 31.1 Å². The first-order valence-electron chi connectivity index (χ1n) is 10.3. The predicted octanol–water partition coefficient (Wildman–Crippen LogP) is 4.11. The maximum absolute atomic E-state index is 10.0. The number of para-hydroxylation sites is 1. The summed E-state index contributed by atoms with van der Waals surface area (Å²) in [5.74, 6) is 0.783. The molecule has 2 aromatic rings. The molecule has 140 valence electrons. The number of anilines is 1. The van der Waals surface area contributed by atoms with Crippen LogP contribution in [0.2, 0.25) is 0 Å². The summed E-state index contributed by atoms with van der Waals surface area (Å²) in [7, 11) is 0. The van der Waals surface area contributed by atoms with E-state index in [-0.39, 0.29) is 6.10 Å². The minimum Gasteiger partial charge on any atom is -0.392 e. The van der Waals surface area contributed by atoms with Crippen LogP contribution >= 0.6 is 0 Å². The highest BCUT2D eigenvalue weighted by molar-refractivity contribution is 5.74. The second-order valence-electron chi connectivity index (χ2n) is 8.31. The summed E-state index contributed by atoms with van der Waals surface area (Å²) in [6, 6.07) is 20.0. The molecule has 0 spiro atoms. The molecule has 0 amide bonds. The summed E-state index contributed by atoms with van der Waals surface area (Å²) in [6.07, 6.45) is 5.85. The Balaban J connectivity index is 1.51. The number of hydrogen-bond acceptors (Lipinski definition) is 3. The van der Waals surface area contributed by atoms with Gasteiger partial charge in [0.1, 0.15) is 0 Å². The van der Waals surface area contributed by atoms with Gasteiger partial charge < -0.3 is 10.0 Å². The maximum atomic E-state index is 10.0. The van der Waals surface area contributed by atoms with Gasteiger partial charge in [0.2, 0.25) is 0 Å². The molecule has 0 bridgehead atoms. The minimum atomic E-state index is -0.169. The van der Waals surface area contributed by atoms with Gasteiger partial charge in [-0.25, -0.2) is 0 Å². The van der Waals surface area contributed by atoms with Crippen molar-refractivity contribution in [1.29, 1.82) is 0 Å². The number of fused-ring (bicyclic) bond motifs is 1. The van der Waals surface area contributed by atoms with E-state index in [1.165, 1.54) is 29.7 Å². The van der Waals surface area contributed by atoms with Crippen molar-refractivity contribution in [3.05, 3.63) is 71.3 Å². The SMILES string of the molecule is O[C@@H]1CCN(C[C@H](c2ccccc2)N2CC(C3CC3)=Cc3ccccc32)C1. The van der Waals surface area contributed by atoms with Crippen molar-refractivity contribution in [3.8, 4) is 0 Å². The Morgan fingerprint density at radius 1 is 0.963 bits per heavy atom. The van der Waals surface area contributed by atoms with E-state index in [1.54, 1.807) is 5.57 Å². The average Bonchev–Trinajstić information content (AvgIpc) is 3.48. The lowest BCUT2D eigenvalue weighted by atomic mass is 9.95. The first-order valence-corrected chi connectivity index (χ1v) is 10.3. The summed E-state index contributed by atoms with van der Waals surface area (Å²) < 4.78 is 0. The molecule has 2 fully saturated rings. The highest BCUT2D eigenvalue weighted by atomic mass is 16.3. The lowest BCUT2D eigenvalue weighted by Gasteiger charge is -2.40. The Kier molecular flexibility index (Phi) is 4.50. The van der Waals surface area contributed by atoms with Crippen LogP contribution in [0.1, 0.15) is 36.4 Å². The maximum Gasteiger partial charge on any atom is 0.0679 e. The van der Waals surface area contributed by atoms with Gasteiger partial charge in [-0.3, -0.25) is 4.90 Å². The van der Waals surface area contributed by atoms with E-state index in [4.69, 9.17) is 0 Å². The summed E-state index contributed by atoms with van der Waals surface area (Å²) in [4.78, 5) is 5.04. The van der Waals surface area contributed by atoms with E-state index >= 15 is 0 Å². The van der Waals surface area contributed by atoms with Gasteiger partial charge in [0, 0.05) is 31.9 Å². The number of nitrogens with zero attached hydrogens (tertiary/aromatic N) is 2. The van der Waals surface area contributed by atoms with Crippen LogP contribution in [0.3, 0.4) is 0 Å². The van der Waals surface area contributed by atoms with Crippen molar-refractivity contribution in [2.24, 2.45) is 5.92 Å². The van der Waals surface area contributed by atoms with Gasteiger partial charge in [0.25, 0.3) is 0 Å². The van der Waals surface area contributed by atoms with E-state index in [9.17, 15) is 5.11 Å². The van der Waals surface area contributed by atoms with E-state index in [0.29, 0.717) is 6.04 Å². The third-order valence-corrected chi connectivity index (χ3v) is 6.28. The number of rotatable bonds is 5. The third-order valence-electron chi connectivity index (χ3n) is 6.28. The van der Waals surface area contributed by atoms with Crippen LogP contribution in [-0.2, 0) is 0 Å². The molecule has 2 aromatic carbocycles. The summed E-state index contributed by atoms with van der Waals surface area (Å²) in [6.45, 7) is 3.78. The molecule has 5 rings (SSSR count).